The Morgan fingerprint density at radius 2 is 2.25 bits per heavy atom. The quantitative estimate of drug-likeness (QED) is 0.540. The van der Waals surface area contributed by atoms with E-state index in [1.54, 1.807) is 7.11 Å². The number of methoxy groups -OCH3 is 1. The summed E-state index contributed by atoms with van der Waals surface area (Å²) in [6.07, 6.45) is 3.87. The van der Waals surface area contributed by atoms with Crippen LogP contribution in [0, 0.1) is 0 Å². The molecule has 0 saturated heterocycles. The Hall–Kier alpha value is -0.0800. The molecule has 0 aromatic rings. The molecule has 1 unspecified atom stereocenters. The molecule has 2 heteroatoms. The van der Waals surface area contributed by atoms with Crippen LogP contribution in [0.3, 0.4) is 0 Å². The van der Waals surface area contributed by atoms with Gasteiger partial charge in [-0.15, -0.1) is 0 Å². The summed E-state index contributed by atoms with van der Waals surface area (Å²) < 4.78 is 5.10. The molecule has 48 valence electrons. The lowest BCUT2D eigenvalue weighted by Gasteiger charge is -2.11. The molecular formula is C6H13NO. The number of hydrogen-bond donors (Lipinski definition) is 1. The molecule has 0 aromatic heterocycles. The fourth-order valence-corrected chi connectivity index (χ4v) is 1.25. The first kappa shape index (κ1) is 6.05. The number of hydrogen-bond acceptors (Lipinski definition) is 2. The zero-order chi connectivity index (χ0) is 5.98. The van der Waals surface area contributed by atoms with Crippen molar-refractivity contribution in [2.24, 2.45) is 5.73 Å². The third-order valence-corrected chi connectivity index (χ3v) is 1.81. The lowest BCUT2D eigenvalue weighted by molar-refractivity contribution is 0.0960. The van der Waals surface area contributed by atoms with Gasteiger partial charge in [-0.05, 0) is 19.3 Å². The fourth-order valence-electron chi connectivity index (χ4n) is 1.25. The molecule has 0 radical (unpaired) electrons. The van der Waals surface area contributed by atoms with Gasteiger partial charge in [-0.25, -0.2) is 0 Å². The van der Waals surface area contributed by atoms with Gasteiger partial charge in [0.25, 0.3) is 0 Å². The Morgan fingerprint density at radius 3 is 2.50 bits per heavy atom. The highest BCUT2D eigenvalue weighted by atomic mass is 16.5. The number of nitrogens with two attached hydrogens (primary N) is 1. The Morgan fingerprint density at radius 1 is 1.50 bits per heavy atom. The van der Waals surface area contributed by atoms with Gasteiger partial charge in [0.15, 0.2) is 0 Å². The molecule has 0 amide bonds. The monoisotopic (exact) mass is 115 g/mol. The summed E-state index contributed by atoms with van der Waals surface area (Å²) in [6.45, 7) is 0. The highest BCUT2D eigenvalue weighted by Crippen LogP contribution is 2.18. The first-order chi connectivity index (χ1) is 3.84. The molecule has 1 saturated carbocycles. The molecule has 0 heterocycles. The van der Waals surface area contributed by atoms with Crippen molar-refractivity contribution >= 4 is 0 Å². The van der Waals surface area contributed by atoms with Crippen LogP contribution >= 0.6 is 0 Å². The molecule has 0 spiro atoms. The summed E-state index contributed by atoms with van der Waals surface area (Å²) in [7, 11) is 1.73. The molecular weight excluding hydrogens is 102 g/mol. The van der Waals surface area contributed by atoms with Gasteiger partial charge in [-0.3, -0.25) is 0 Å². The van der Waals surface area contributed by atoms with Crippen molar-refractivity contribution in [2.45, 2.75) is 31.4 Å². The van der Waals surface area contributed by atoms with Gasteiger partial charge in [0.1, 0.15) is 0 Å². The summed E-state index contributed by atoms with van der Waals surface area (Å²) >= 11 is 0. The maximum atomic E-state index is 5.66. The average Bonchev–Trinajstić information content (AvgIpc) is 2.14. The molecule has 0 bridgehead atoms. The van der Waals surface area contributed by atoms with Gasteiger partial charge in [0.05, 0.1) is 6.10 Å². The molecule has 2 N–H and O–H groups in total. The molecule has 2 atom stereocenters. The van der Waals surface area contributed by atoms with Gasteiger partial charge in [-0.1, -0.05) is 0 Å². The summed E-state index contributed by atoms with van der Waals surface area (Å²) in [5, 5.41) is 0. The van der Waals surface area contributed by atoms with Crippen molar-refractivity contribution in [3.63, 3.8) is 0 Å². The molecule has 1 rings (SSSR count). The van der Waals surface area contributed by atoms with E-state index in [1.165, 1.54) is 6.42 Å². The third kappa shape index (κ3) is 1.01. The lowest BCUT2D eigenvalue weighted by Crippen LogP contribution is -2.30. The van der Waals surface area contributed by atoms with Crippen LogP contribution in [0.4, 0.5) is 0 Å². The van der Waals surface area contributed by atoms with Crippen LogP contribution in [0.1, 0.15) is 19.3 Å². The van der Waals surface area contributed by atoms with E-state index >= 15 is 0 Å². The topological polar surface area (TPSA) is 35.2 Å². The Balaban J connectivity index is 2.30. The highest BCUT2D eigenvalue weighted by Gasteiger charge is 2.22. The first-order valence-electron chi connectivity index (χ1n) is 3.13. The SMILES string of the molecule is CO[C@@H]1CCCC1N. The predicted molar refractivity (Wildman–Crippen MR) is 32.6 cm³/mol. The summed E-state index contributed by atoms with van der Waals surface area (Å²) in [6, 6.07) is 0.306. The standard InChI is InChI=1S/C6H13NO/c1-8-6-4-2-3-5(6)7/h5-6H,2-4,7H2,1H3/t5?,6-/m1/s1. The van der Waals surface area contributed by atoms with Crippen molar-refractivity contribution in [3.05, 3.63) is 0 Å². The summed E-state index contributed by atoms with van der Waals surface area (Å²) in [5.74, 6) is 0. The maximum Gasteiger partial charge on any atom is 0.0722 e. The van der Waals surface area contributed by atoms with Crippen molar-refractivity contribution in [1.82, 2.24) is 0 Å². The van der Waals surface area contributed by atoms with E-state index in [9.17, 15) is 0 Å². The van der Waals surface area contributed by atoms with Crippen LogP contribution in [0.15, 0.2) is 0 Å². The minimum atomic E-state index is 0.306. The summed E-state index contributed by atoms with van der Waals surface area (Å²) in [4.78, 5) is 0. The second kappa shape index (κ2) is 2.46. The minimum absolute atomic E-state index is 0.306. The van der Waals surface area contributed by atoms with Crippen molar-refractivity contribution in [3.8, 4) is 0 Å². The third-order valence-electron chi connectivity index (χ3n) is 1.81. The van der Waals surface area contributed by atoms with E-state index in [4.69, 9.17) is 10.5 Å². The van der Waals surface area contributed by atoms with Crippen molar-refractivity contribution < 1.29 is 4.74 Å². The van der Waals surface area contributed by atoms with Crippen LogP contribution in [0.2, 0.25) is 0 Å². The van der Waals surface area contributed by atoms with Crippen LogP contribution in [0.5, 0.6) is 0 Å². The Kier molecular flexibility index (Phi) is 1.86. The smallest absolute Gasteiger partial charge is 0.0722 e. The predicted octanol–water partition coefficient (Wildman–Crippen LogP) is 0.513. The van der Waals surface area contributed by atoms with E-state index in [0.29, 0.717) is 12.1 Å². The average molecular weight is 115 g/mol. The van der Waals surface area contributed by atoms with Crippen LogP contribution in [0.25, 0.3) is 0 Å². The van der Waals surface area contributed by atoms with E-state index < -0.39 is 0 Å². The van der Waals surface area contributed by atoms with Crippen LogP contribution in [-0.2, 0) is 4.74 Å². The number of ether oxygens (including phenoxy) is 1. The zero-order valence-corrected chi connectivity index (χ0v) is 5.26. The highest BCUT2D eigenvalue weighted by molar-refractivity contribution is 4.80. The Labute approximate surface area is 50.0 Å². The molecule has 2 nitrogen and oxygen atoms in total. The van der Waals surface area contributed by atoms with Gasteiger partial charge in [0.2, 0.25) is 0 Å². The largest absolute Gasteiger partial charge is 0.380 e. The van der Waals surface area contributed by atoms with Crippen LogP contribution in [-0.4, -0.2) is 19.3 Å². The lowest BCUT2D eigenvalue weighted by atomic mass is 10.2. The Bertz CT molecular complexity index is 74.9. The van der Waals surface area contributed by atoms with E-state index in [1.807, 2.05) is 0 Å². The molecule has 1 aliphatic rings. The van der Waals surface area contributed by atoms with Gasteiger partial charge in [-0.2, -0.15) is 0 Å². The molecule has 8 heavy (non-hydrogen) atoms. The molecule has 0 aromatic carbocycles. The van der Waals surface area contributed by atoms with Crippen molar-refractivity contribution in [2.75, 3.05) is 7.11 Å². The van der Waals surface area contributed by atoms with Gasteiger partial charge < -0.3 is 10.5 Å². The molecule has 1 aliphatic carbocycles. The van der Waals surface area contributed by atoms with Gasteiger partial charge >= 0.3 is 0 Å². The second-order valence-electron chi connectivity index (χ2n) is 2.37. The van der Waals surface area contributed by atoms with Crippen LogP contribution < -0.4 is 5.73 Å². The zero-order valence-electron chi connectivity index (χ0n) is 5.26. The maximum absolute atomic E-state index is 5.66. The van der Waals surface area contributed by atoms with E-state index in [0.717, 1.165) is 12.8 Å². The van der Waals surface area contributed by atoms with Crippen molar-refractivity contribution in [1.29, 1.82) is 0 Å². The van der Waals surface area contributed by atoms with E-state index in [2.05, 4.69) is 0 Å². The minimum Gasteiger partial charge on any atom is -0.380 e. The normalized spacial score (nSPS) is 38.2. The van der Waals surface area contributed by atoms with Gasteiger partial charge in [0, 0.05) is 13.2 Å². The molecule has 1 fully saturated rings. The second-order valence-corrected chi connectivity index (χ2v) is 2.37. The first-order valence-corrected chi connectivity index (χ1v) is 3.13. The fraction of sp³-hybridized carbons (Fsp3) is 1.00. The van der Waals surface area contributed by atoms with E-state index in [-0.39, 0.29) is 0 Å². The summed E-state index contributed by atoms with van der Waals surface area (Å²) in [5.41, 5.74) is 5.66. The molecule has 0 aliphatic heterocycles. The number of rotatable bonds is 1.